The maximum absolute atomic E-state index is 14.1. The number of rotatable bonds is 3. The molecule has 0 spiro atoms. The third kappa shape index (κ3) is 3.92. The predicted molar refractivity (Wildman–Crippen MR) is 135 cm³/mol. The van der Waals surface area contributed by atoms with E-state index in [2.05, 4.69) is 21.5 Å². The van der Waals surface area contributed by atoms with E-state index >= 15 is 0 Å². The Hall–Kier alpha value is -4.23. The lowest BCUT2D eigenvalue weighted by atomic mass is 9.96. The summed E-state index contributed by atoms with van der Waals surface area (Å²) in [6.45, 7) is 0. The lowest BCUT2D eigenvalue weighted by Gasteiger charge is -2.13. The van der Waals surface area contributed by atoms with Gasteiger partial charge in [0.15, 0.2) is 11.3 Å². The standard InChI is InChI=1S/C27H18F3N5OS/c28-27(29,30)23-12-21(17-10-5-7-15-6-1-2-8-16(15)17)33-24-20(14-32-35(23)24)25(36)34-26-19(13-31)18-9-3-4-11-22(18)37-26/h1-2,5-8,10,12,14H,3-4,9,11H2,(H,34,36). The number of thiophene rings is 1. The first-order valence-electron chi connectivity index (χ1n) is 11.7. The molecule has 1 aliphatic rings. The monoisotopic (exact) mass is 517 g/mol. The number of anilines is 1. The summed E-state index contributed by atoms with van der Waals surface area (Å²) >= 11 is 1.34. The van der Waals surface area contributed by atoms with E-state index in [0.29, 0.717) is 20.6 Å². The van der Waals surface area contributed by atoms with Crippen molar-refractivity contribution in [3.05, 3.63) is 82.0 Å². The second kappa shape index (κ2) is 8.71. The molecule has 6 nitrogen and oxygen atoms in total. The highest BCUT2D eigenvalue weighted by molar-refractivity contribution is 7.16. The van der Waals surface area contributed by atoms with Gasteiger partial charge in [0.2, 0.25) is 0 Å². The van der Waals surface area contributed by atoms with Gasteiger partial charge in [0.05, 0.1) is 17.5 Å². The van der Waals surface area contributed by atoms with Crippen LogP contribution >= 0.6 is 11.3 Å². The Bertz CT molecular complexity index is 1740. The zero-order chi connectivity index (χ0) is 25.7. The fraction of sp³-hybridized carbons (Fsp3) is 0.185. The van der Waals surface area contributed by atoms with Crippen molar-refractivity contribution in [1.29, 1.82) is 5.26 Å². The van der Waals surface area contributed by atoms with E-state index in [0.717, 1.165) is 59.2 Å². The number of carbonyl (C=O) groups excluding carboxylic acids is 1. The molecule has 3 heterocycles. The van der Waals surface area contributed by atoms with Gasteiger partial charge in [-0.3, -0.25) is 4.79 Å². The highest BCUT2D eigenvalue weighted by atomic mass is 32.1. The molecule has 1 N–H and O–H groups in total. The molecule has 6 rings (SSSR count). The summed E-state index contributed by atoms with van der Waals surface area (Å²) in [5, 5.41) is 18.3. The van der Waals surface area contributed by atoms with E-state index in [1.165, 1.54) is 11.3 Å². The van der Waals surface area contributed by atoms with Crippen molar-refractivity contribution in [3.63, 3.8) is 0 Å². The molecule has 0 radical (unpaired) electrons. The molecule has 10 heteroatoms. The highest BCUT2D eigenvalue weighted by Gasteiger charge is 2.36. The quantitative estimate of drug-likeness (QED) is 0.291. The van der Waals surface area contributed by atoms with Crippen molar-refractivity contribution in [2.24, 2.45) is 0 Å². The van der Waals surface area contributed by atoms with Crippen molar-refractivity contribution in [3.8, 4) is 17.3 Å². The van der Waals surface area contributed by atoms with Crippen LogP contribution in [0.4, 0.5) is 18.2 Å². The maximum atomic E-state index is 14.1. The molecule has 0 saturated carbocycles. The van der Waals surface area contributed by atoms with E-state index in [4.69, 9.17) is 0 Å². The number of halogens is 3. The van der Waals surface area contributed by atoms with Gasteiger partial charge in [0, 0.05) is 10.4 Å². The number of alkyl halides is 3. The minimum absolute atomic E-state index is 0.0791. The van der Waals surface area contributed by atoms with Crippen molar-refractivity contribution < 1.29 is 18.0 Å². The molecule has 0 fully saturated rings. The number of aromatic nitrogens is 3. The van der Waals surface area contributed by atoms with Crippen LogP contribution in [0.25, 0.3) is 27.7 Å². The van der Waals surface area contributed by atoms with Crippen LogP contribution in [0.1, 0.15) is 44.9 Å². The van der Waals surface area contributed by atoms with Gasteiger partial charge in [-0.1, -0.05) is 42.5 Å². The number of hydrogen-bond acceptors (Lipinski definition) is 5. The second-order valence-corrected chi connectivity index (χ2v) is 9.93. The van der Waals surface area contributed by atoms with Gasteiger partial charge in [0.25, 0.3) is 5.91 Å². The summed E-state index contributed by atoms with van der Waals surface area (Å²) in [6.07, 6.45) is -0.0549. The molecule has 184 valence electrons. The molecule has 2 aromatic carbocycles. The number of carbonyl (C=O) groups is 1. The fourth-order valence-electron chi connectivity index (χ4n) is 4.85. The molecule has 0 atom stereocenters. The zero-order valence-corrected chi connectivity index (χ0v) is 20.1. The lowest BCUT2D eigenvalue weighted by Crippen LogP contribution is -2.16. The molecule has 5 aromatic rings. The highest BCUT2D eigenvalue weighted by Crippen LogP contribution is 2.38. The van der Waals surface area contributed by atoms with Gasteiger partial charge in [0.1, 0.15) is 16.6 Å². The molecule has 0 bridgehead atoms. The number of nitriles is 1. The number of nitrogens with one attached hydrogen (secondary N) is 1. The Morgan fingerprint density at radius 2 is 1.89 bits per heavy atom. The van der Waals surface area contributed by atoms with Gasteiger partial charge in [-0.2, -0.15) is 23.5 Å². The predicted octanol–water partition coefficient (Wildman–Crippen LogP) is 6.63. The van der Waals surface area contributed by atoms with Crippen LogP contribution in [-0.2, 0) is 19.0 Å². The molecular weight excluding hydrogens is 499 g/mol. The van der Waals surface area contributed by atoms with Crippen LogP contribution in [0.3, 0.4) is 0 Å². The number of amides is 1. The number of fused-ring (bicyclic) bond motifs is 3. The van der Waals surface area contributed by atoms with E-state index in [-0.39, 0.29) is 16.9 Å². The average Bonchev–Trinajstić information content (AvgIpc) is 3.48. The molecule has 0 unspecified atom stereocenters. The summed E-state index contributed by atoms with van der Waals surface area (Å²) in [6, 6.07) is 15.8. The molecular formula is C27H18F3N5OS. The minimum atomic E-state index is -4.74. The Kier molecular flexibility index (Phi) is 5.46. The summed E-state index contributed by atoms with van der Waals surface area (Å²) < 4.78 is 42.9. The Morgan fingerprint density at radius 1 is 1.11 bits per heavy atom. The first-order valence-corrected chi connectivity index (χ1v) is 12.5. The molecule has 3 aromatic heterocycles. The minimum Gasteiger partial charge on any atom is -0.312 e. The molecule has 37 heavy (non-hydrogen) atoms. The molecule has 1 aliphatic carbocycles. The SMILES string of the molecule is N#Cc1c(NC(=O)c2cnn3c(C(F)(F)F)cc(-c4cccc5ccccc45)nc23)sc2c1CCCC2. The van der Waals surface area contributed by atoms with Gasteiger partial charge in [-0.05, 0) is 48.1 Å². The number of benzene rings is 2. The maximum Gasteiger partial charge on any atom is 0.433 e. The van der Waals surface area contributed by atoms with Gasteiger partial charge >= 0.3 is 6.18 Å². The van der Waals surface area contributed by atoms with Gasteiger partial charge < -0.3 is 5.32 Å². The van der Waals surface area contributed by atoms with E-state index < -0.39 is 17.8 Å². The third-order valence-corrected chi connectivity index (χ3v) is 7.79. The Morgan fingerprint density at radius 3 is 2.70 bits per heavy atom. The Labute approximate surface area is 213 Å². The largest absolute Gasteiger partial charge is 0.433 e. The Balaban J connectivity index is 1.49. The lowest BCUT2D eigenvalue weighted by molar-refractivity contribution is -0.142. The third-order valence-electron chi connectivity index (χ3n) is 6.58. The number of aryl methyl sites for hydroxylation is 1. The van der Waals surface area contributed by atoms with Crippen molar-refractivity contribution in [2.45, 2.75) is 31.9 Å². The smallest absolute Gasteiger partial charge is 0.312 e. The summed E-state index contributed by atoms with van der Waals surface area (Å²) in [7, 11) is 0. The first-order chi connectivity index (χ1) is 17.8. The van der Waals surface area contributed by atoms with Crippen LogP contribution in [0.15, 0.2) is 54.7 Å². The molecule has 1 amide bonds. The van der Waals surface area contributed by atoms with Crippen LogP contribution in [0.2, 0.25) is 0 Å². The topological polar surface area (TPSA) is 83.1 Å². The van der Waals surface area contributed by atoms with Crippen LogP contribution in [0, 0.1) is 11.3 Å². The number of hydrogen-bond donors (Lipinski definition) is 1. The summed E-state index contributed by atoms with van der Waals surface area (Å²) in [4.78, 5) is 18.8. The number of nitrogens with zero attached hydrogens (tertiary/aromatic N) is 4. The van der Waals surface area contributed by atoms with Crippen molar-refractivity contribution in [2.75, 3.05) is 5.32 Å². The molecule has 0 aliphatic heterocycles. The van der Waals surface area contributed by atoms with Crippen molar-refractivity contribution >= 4 is 38.7 Å². The average molecular weight is 518 g/mol. The first kappa shape index (κ1) is 23.2. The summed E-state index contributed by atoms with van der Waals surface area (Å²) in [5.41, 5.74) is 0.600. The summed E-state index contributed by atoms with van der Waals surface area (Å²) in [5.74, 6) is -0.666. The van der Waals surface area contributed by atoms with Crippen LogP contribution in [-0.4, -0.2) is 20.5 Å². The zero-order valence-electron chi connectivity index (χ0n) is 19.3. The molecule has 0 saturated heterocycles. The van der Waals surface area contributed by atoms with E-state index in [1.807, 2.05) is 24.3 Å². The normalized spacial score (nSPS) is 13.5. The van der Waals surface area contributed by atoms with E-state index in [9.17, 15) is 23.2 Å². The van der Waals surface area contributed by atoms with Gasteiger partial charge in [-0.25, -0.2) is 9.50 Å². The second-order valence-electron chi connectivity index (χ2n) is 8.83. The van der Waals surface area contributed by atoms with Crippen LogP contribution in [0.5, 0.6) is 0 Å². The van der Waals surface area contributed by atoms with E-state index in [1.54, 1.807) is 18.2 Å². The van der Waals surface area contributed by atoms with Crippen LogP contribution < -0.4 is 5.32 Å². The fourth-order valence-corrected chi connectivity index (χ4v) is 6.09. The van der Waals surface area contributed by atoms with Crippen molar-refractivity contribution in [1.82, 2.24) is 14.6 Å². The van der Waals surface area contributed by atoms with Gasteiger partial charge in [-0.15, -0.1) is 11.3 Å².